The molecule has 7 heteroatoms. The van der Waals surface area contributed by atoms with Crippen molar-refractivity contribution >= 4 is 11.5 Å². The minimum Gasteiger partial charge on any atom is -0.473 e. The summed E-state index contributed by atoms with van der Waals surface area (Å²) in [6.45, 7) is 9.83. The summed E-state index contributed by atoms with van der Waals surface area (Å²) < 4.78 is 5.31. The van der Waals surface area contributed by atoms with E-state index in [0.29, 0.717) is 18.9 Å². The van der Waals surface area contributed by atoms with E-state index in [1.165, 1.54) is 0 Å². The molecule has 0 saturated carbocycles. The number of hydrogen-bond donors (Lipinski definition) is 1. The fourth-order valence-corrected chi connectivity index (χ4v) is 1.66. The number of aromatic nitrogens is 2. The third-order valence-corrected chi connectivity index (χ3v) is 2.33. The molecule has 0 aliphatic carbocycles. The third-order valence-electron chi connectivity index (χ3n) is 2.33. The Hall–Kier alpha value is -1.92. The van der Waals surface area contributed by atoms with Crippen LogP contribution in [0, 0.1) is 10.1 Å². The average Bonchev–Trinajstić information content (AvgIpc) is 2.26. The van der Waals surface area contributed by atoms with E-state index in [1.54, 1.807) is 6.92 Å². The molecule has 0 bridgehead atoms. The molecule has 0 fully saturated rings. The molecule has 1 heterocycles. The van der Waals surface area contributed by atoms with Crippen molar-refractivity contribution in [2.24, 2.45) is 0 Å². The van der Waals surface area contributed by atoms with Crippen molar-refractivity contribution < 1.29 is 9.66 Å². The molecular weight excluding hydrogens is 260 g/mol. The maximum Gasteiger partial charge on any atom is 0.372 e. The van der Waals surface area contributed by atoms with Crippen LogP contribution in [0.25, 0.3) is 0 Å². The molecule has 1 aromatic rings. The molecule has 1 rings (SSSR count). The molecular formula is C13H22N4O3. The van der Waals surface area contributed by atoms with Gasteiger partial charge in [0.15, 0.2) is 0 Å². The minimum atomic E-state index is -0.505. The van der Waals surface area contributed by atoms with Gasteiger partial charge in [0.25, 0.3) is 5.88 Å². The van der Waals surface area contributed by atoms with Crippen molar-refractivity contribution in [3.05, 3.63) is 15.9 Å². The van der Waals surface area contributed by atoms with E-state index in [9.17, 15) is 10.1 Å². The molecule has 20 heavy (non-hydrogen) atoms. The van der Waals surface area contributed by atoms with E-state index >= 15 is 0 Å². The van der Waals surface area contributed by atoms with E-state index in [1.807, 2.05) is 27.7 Å². The highest BCUT2D eigenvalue weighted by molar-refractivity contribution is 5.62. The lowest BCUT2D eigenvalue weighted by molar-refractivity contribution is -0.385. The predicted molar refractivity (Wildman–Crippen MR) is 77.2 cm³/mol. The van der Waals surface area contributed by atoms with Crippen molar-refractivity contribution in [3.8, 4) is 5.88 Å². The van der Waals surface area contributed by atoms with Gasteiger partial charge in [-0.3, -0.25) is 10.1 Å². The lowest BCUT2D eigenvalue weighted by atomic mass is 10.1. The van der Waals surface area contributed by atoms with Crippen LogP contribution in [0.3, 0.4) is 0 Å². The number of nitrogens with zero attached hydrogens (tertiary/aromatic N) is 3. The SMILES string of the molecule is CCCc1nc(NC(C)(C)C)c([N+](=O)[O-])c(OCC)n1. The van der Waals surface area contributed by atoms with Gasteiger partial charge in [-0.05, 0) is 34.1 Å². The zero-order valence-electron chi connectivity index (χ0n) is 12.7. The van der Waals surface area contributed by atoms with Gasteiger partial charge in [-0.2, -0.15) is 4.98 Å². The lowest BCUT2D eigenvalue weighted by Crippen LogP contribution is -2.27. The summed E-state index contributed by atoms with van der Waals surface area (Å²) in [5.74, 6) is 0.792. The molecule has 0 spiro atoms. The lowest BCUT2D eigenvalue weighted by Gasteiger charge is -2.21. The largest absolute Gasteiger partial charge is 0.473 e. The van der Waals surface area contributed by atoms with E-state index < -0.39 is 4.92 Å². The smallest absolute Gasteiger partial charge is 0.372 e. The first-order chi connectivity index (χ1) is 9.28. The number of anilines is 1. The van der Waals surface area contributed by atoms with Crippen LogP contribution in [-0.4, -0.2) is 27.0 Å². The summed E-state index contributed by atoms with van der Waals surface area (Å²) in [4.78, 5) is 19.2. The van der Waals surface area contributed by atoms with Crippen LogP contribution in [0.15, 0.2) is 0 Å². The Morgan fingerprint density at radius 1 is 1.30 bits per heavy atom. The van der Waals surface area contributed by atoms with Crippen LogP contribution in [0.5, 0.6) is 5.88 Å². The van der Waals surface area contributed by atoms with E-state index in [2.05, 4.69) is 15.3 Å². The molecule has 0 aliphatic heterocycles. The number of nitro groups is 1. The number of nitrogens with one attached hydrogen (secondary N) is 1. The van der Waals surface area contributed by atoms with Crippen LogP contribution in [-0.2, 0) is 6.42 Å². The molecule has 0 unspecified atom stereocenters. The average molecular weight is 282 g/mol. The van der Waals surface area contributed by atoms with E-state index in [4.69, 9.17) is 4.74 Å². The molecule has 0 aromatic carbocycles. The minimum absolute atomic E-state index is 0.0303. The zero-order chi connectivity index (χ0) is 15.3. The second kappa shape index (κ2) is 6.49. The molecule has 0 aliphatic rings. The molecule has 0 radical (unpaired) electrons. The number of hydrogen-bond acceptors (Lipinski definition) is 6. The van der Waals surface area contributed by atoms with E-state index in [-0.39, 0.29) is 22.9 Å². The normalized spacial score (nSPS) is 11.2. The summed E-state index contributed by atoms with van der Waals surface area (Å²) in [5.41, 5.74) is -0.548. The Morgan fingerprint density at radius 2 is 1.95 bits per heavy atom. The molecule has 0 atom stereocenters. The Bertz CT molecular complexity index is 483. The van der Waals surface area contributed by atoms with Crippen molar-refractivity contribution in [2.45, 2.75) is 53.0 Å². The predicted octanol–water partition coefficient (Wildman–Crippen LogP) is 2.95. The van der Waals surface area contributed by atoms with Crippen molar-refractivity contribution in [1.29, 1.82) is 0 Å². The Balaban J connectivity index is 3.37. The number of rotatable bonds is 6. The van der Waals surface area contributed by atoms with Crippen LogP contribution in [0.1, 0.15) is 46.9 Å². The summed E-state index contributed by atoms with van der Waals surface area (Å²) in [7, 11) is 0. The summed E-state index contributed by atoms with van der Waals surface area (Å²) in [6, 6.07) is 0. The Morgan fingerprint density at radius 3 is 2.40 bits per heavy atom. The van der Waals surface area contributed by atoms with Gasteiger partial charge in [0.05, 0.1) is 11.5 Å². The van der Waals surface area contributed by atoms with Crippen molar-refractivity contribution in [3.63, 3.8) is 0 Å². The van der Waals surface area contributed by atoms with Crippen molar-refractivity contribution in [1.82, 2.24) is 9.97 Å². The number of aryl methyl sites for hydroxylation is 1. The fraction of sp³-hybridized carbons (Fsp3) is 0.692. The van der Waals surface area contributed by atoms with Crippen LogP contribution in [0.2, 0.25) is 0 Å². The molecule has 1 N–H and O–H groups in total. The Labute approximate surface area is 118 Å². The monoisotopic (exact) mass is 282 g/mol. The molecule has 1 aromatic heterocycles. The summed E-state index contributed by atoms with van der Waals surface area (Å²) >= 11 is 0. The van der Waals surface area contributed by atoms with Gasteiger partial charge in [-0.1, -0.05) is 6.92 Å². The van der Waals surface area contributed by atoms with Gasteiger partial charge >= 0.3 is 5.69 Å². The first-order valence-corrected chi connectivity index (χ1v) is 6.74. The first kappa shape index (κ1) is 16.1. The van der Waals surface area contributed by atoms with Gasteiger partial charge in [0.2, 0.25) is 5.82 Å². The van der Waals surface area contributed by atoms with Crippen molar-refractivity contribution in [2.75, 3.05) is 11.9 Å². The molecule has 112 valence electrons. The fourth-order valence-electron chi connectivity index (χ4n) is 1.66. The van der Waals surface area contributed by atoms with Gasteiger partial charge in [0.1, 0.15) is 5.82 Å². The highest BCUT2D eigenvalue weighted by atomic mass is 16.6. The molecule has 7 nitrogen and oxygen atoms in total. The highest BCUT2D eigenvalue weighted by Crippen LogP contribution is 2.33. The van der Waals surface area contributed by atoms with Gasteiger partial charge in [-0.15, -0.1) is 0 Å². The van der Waals surface area contributed by atoms with Crippen LogP contribution < -0.4 is 10.1 Å². The van der Waals surface area contributed by atoms with Gasteiger partial charge in [0, 0.05) is 12.0 Å². The summed E-state index contributed by atoms with van der Waals surface area (Å²) in [6.07, 6.45) is 1.51. The van der Waals surface area contributed by atoms with Crippen LogP contribution >= 0.6 is 0 Å². The van der Waals surface area contributed by atoms with Crippen LogP contribution in [0.4, 0.5) is 11.5 Å². The van der Waals surface area contributed by atoms with E-state index in [0.717, 1.165) is 6.42 Å². The quantitative estimate of drug-likeness (QED) is 0.637. The Kier molecular flexibility index (Phi) is 5.24. The number of ether oxygens (including phenoxy) is 1. The molecule has 0 saturated heterocycles. The maximum absolute atomic E-state index is 11.3. The van der Waals surface area contributed by atoms with Gasteiger partial charge in [-0.25, -0.2) is 4.98 Å². The topological polar surface area (TPSA) is 90.2 Å². The standard InChI is InChI=1S/C13H22N4O3/c1-6-8-9-14-11(16-13(3,4)5)10(17(18)19)12(15-9)20-7-2/h6-8H2,1-5H3,(H,14,15,16). The first-order valence-electron chi connectivity index (χ1n) is 6.74. The zero-order valence-corrected chi connectivity index (χ0v) is 12.7. The maximum atomic E-state index is 11.3. The second-order valence-electron chi connectivity index (χ2n) is 5.46. The third kappa shape index (κ3) is 4.32. The summed E-state index contributed by atoms with van der Waals surface area (Å²) in [5, 5.41) is 14.3. The highest BCUT2D eigenvalue weighted by Gasteiger charge is 2.28. The van der Waals surface area contributed by atoms with Gasteiger partial charge < -0.3 is 10.1 Å². The second-order valence-corrected chi connectivity index (χ2v) is 5.46. The molecule has 0 amide bonds.